The Labute approximate surface area is 123 Å². The SMILES string of the molecule is N#C[C@H](Nc1ccccc1O)c1cccc2ccccc12. The summed E-state index contributed by atoms with van der Waals surface area (Å²) in [5.74, 6) is 0.137. The molecule has 0 radical (unpaired) electrons. The van der Waals surface area contributed by atoms with E-state index in [0.717, 1.165) is 16.3 Å². The van der Waals surface area contributed by atoms with Gasteiger partial charge in [0.1, 0.15) is 11.8 Å². The van der Waals surface area contributed by atoms with Crippen molar-refractivity contribution in [2.75, 3.05) is 5.32 Å². The number of nitrogens with one attached hydrogen (secondary N) is 1. The molecule has 0 saturated carbocycles. The Morgan fingerprint density at radius 2 is 1.62 bits per heavy atom. The van der Waals surface area contributed by atoms with E-state index >= 15 is 0 Å². The Morgan fingerprint density at radius 3 is 2.43 bits per heavy atom. The highest BCUT2D eigenvalue weighted by molar-refractivity contribution is 5.86. The highest BCUT2D eigenvalue weighted by Crippen LogP contribution is 2.30. The van der Waals surface area contributed by atoms with Crippen molar-refractivity contribution in [2.24, 2.45) is 0 Å². The number of benzene rings is 3. The van der Waals surface area contributed by atoms with Gasteiger partial charge >= 0.3 is 0 Å². The van der Waals surface area contributed by atoms with Gasteiger partial charge in [-0.2, -0.15) is 5.26 Å². The van der Waals surface area contributed by atoms with Crippen LogP contribution < -0.4 is 5.32 Å². The molecule has 3 heteroatoms. The molecule has 0 aliphatic rings. The van der Waals surface area contributed by atoms with Crippen LogP contribution in [0.3, 0.4) is 0 Å². The first-order chi connectivity index (χ1) is 10.3. The molecular weight excluding hydrogens is 260 g/mol. The zero-order valence-electron chi connectivity index (χ0n) is 11.3. The smallest absolute Gasteiger partial charge is 0.140 e. The van der Waals surface area contributed by atoms with Crippen LogP contribution in [-0.2, 0) is 0 Å². The van der Waals surface area contributed by atoms with E-state index in [9.17, 15) is 10.4 Å². The van der Waals surface area contributed by atoms with Gasteiger partial charge in [-0.3, -0.25) is 0 Å². The number of anilines is 1. The van der Waals surface area contributed by atoms with E-state index in [-0.39, 0.29) is 5.75 Å². The molecule has 0 bridgehead atoms. The first-order valence-corrected chi connectivity index (χ1v) is 6.71. The molecule has 3 aromatic rings. The molecule has 0 unspecified atom stereocenters. The molecular formula is C18H14N2O. The summed E-state index contributed by atoms with van der Waals surface area (Å²) < 4.78 is 0. The van der Waals surface area contributed by atoms with Gasteiger partial charge in [0.15, 0.2) is 0 Å². The minimum atomic E-state index is -0.524. The predicted molar refractivity (Wildman–Crippen MR) is 84.0 cm³/mol. The standard InChI is InChI=1S/C18H14N2O/c19-12-17(20-16-10-3-4-11-18(16)21)15-9-5-7-13-6-1-2-8-14(13)15/h1-11,17,20-21H/t17-/m0/s1. The summed E-state index contributed by atoms with van der Waals surface area (Å²) in [5, 5.41) is 24.6. The molecule has 0 spiro atoms. The van der Waals surface area contributed by atoms with Crippen LogP contribution >= 0.6 is 0 Å². The van der Waals surface area contributed by atoms with Crippen molar-refractivity contribution in [3.63, 3.8) is 0 Å². The molecule has 1 atom stereocenters. The van der Waals surface area contributed by atoms with Gasteiger partial charge in [0.25, 0.3) is 0 Å². The van der Waals surface area contributed by atoms with Crippen LogP contribution in [0, 0.1) is 11.3 Å². The Morgan fingerprint density at radius 1 is 0.905 bits per heavy atom. The normalized spacial score (nSPS) is 11.8. The molecule has 0 aliphatic carbocycles. The molecule has 3 nitrogen and oxygen atoms in total. The number of phenolic OH excluding ortho intramolecular Hbond substituents is 1. The molecule has 3 aromatic carbocycles. The first kappa shape index (κ1) is 13.0. The first-order valence-electron chi connectivity index (χ1n) is 6.71. The largest absolute Gasteiger partial charge is 0.506 e. The third kappa shape index (κ3) is 2.52. The Balaban J connectivity index is 2.04. The summed E-state index contributed by atoms with van der Waals surface area (Å²) in [4.78, 5) is 0. The fourth-order valence-corrected chi connectivity index (χ4v) is 2.43. The average Bonchev–Trinajstić information content (AvgIpc) is 2.54. The topological polar surface area (TPSA) is 56.0 Å². The van der Waals surface area contributed by atoms with Gasteiger partial charge in [0.2, 0.25) is 0 Å². The van der Waals surface area contributed by atoms with E-state index in [4.69, 9.17) is 0 Å². The second-order valence-electron chi connectivity index (χ2n) is 4.79. The van der Waals surface area contributed by atoms with Gasteiger partial charge < -0.3 is 10.4 Å². The van der Waals surface area contributed by atoms with Crippen molar-refractivity contribution < 1.29 is 5.11 Å². The van der Waals surface area contributed by atoms with Crippen LogP contribution in [0.4, 0.5) is 5.69 Å². The molecule has 0 amide bonds. The predicted octanol–water partition coefficient (Wildman–Crippen LogP) is 4.22. The summed E-state index contributed by atoms with van der Waals surface area (Å²) in [6.45, 7) is 0. The zero-order chi connectivity index (χ0) is 14.7. The molecule has 0 aliphatic heterocycles. The molecule has 0 saturated heterocycles. The number of hydrogen-bond donors (Lipinski definition) is 2. The van der Waals surface area contributed by atoms with Crippen LogP contribution in [-0.4, -0.2) is 5.11 Å². The molecule has 102 valence electrons. The van der Waals surface area contributed by atoms with Crippen molar-refractivity contribution in [2.45, 2.75) is 6.04 Å². The Kier molecular flexibility index (Phi) is 3.44. The van der Waals surface area contributed by atoms with E-state index in [1.807, 2.05) is 48.5 Å². The minimum Gasteiger partial charge on any atom is -0.506 e. The molecule has 2 N–H and O–H groups in total. The van der Waals surface area contributed by atoms with Crippen molar-refractivity contribution in [1.29, 1.82) is 5.26 Å². The van der Waals surface area contributed by atoms with Crippen molar-refractivity contribution >= 4 is 16.5 Å². The van der Waals surface area contributed by atoms with E-state index in [2.05, 4.69) is 11.4 Å². The van der Waals surface area contributed by atoms with Gasteiger partial charge in [-0.15, -0.1) is 0 Å². The number of nitrogens with zero attached hydrogens (tertiary/aromatic N) is 1. The van der Waals surface area contributed by atoms with Crippen molar-refractivity contribution in [3.05, 3.63) is 72.3 Å². The number of phenols is 1. The summed E-state index contributed by atoms with van der Waals surface area (Å²) in [7, 11) is 0. The average molecular weight is 274 g/mol. The van der Waals surface area contributed by atoms with Crippen molar-refractivity contribution in [3.8, 4) is 11.8 Å². The summed E-state index contributed by atoms with van der Waals surface area (Å²) in [6, 6.07) is 22.5. The molecule has 21 heavy (non-hydrogen) atoms. The third-order valence-corrected chi connectivity index (χ3v) is 3.47. The quantitative estimate of drug-likeness (QED) is 0.703. The lowest BCUT2D eigenvalue weighted by Gasteiger charge is -2.16. The lowest BCUT2D eigenvalue weighted by molar-refractivity contribution is 0.477. The maximum atomic E-state index is 9.84. The number of hydrogen-bond acceptors (Lipinski definition) is 3. The molecule has 0 aromatic heterocycles. The van der Waals surface area contributed by atoms with Crippen LogP contribution in [0.5, 0.6) is 5.75 Å². The van der Waals surface area contributed by atoms with E-state index in [1.165, 1.54) is 0 Å². The fraction of sp³-hybridized carbons (Fsp3) is 0.0556. The fourth-order valence-electron chi connectivity index (χ4n) is 2.43. The monoisotopic (exact) mass is 274 g/mol. The Hall–Kier alpha value is -2.99. The third-order valence-electron chi connectivity index (χ3n) is 3.47. The zero-order valence-corrected chi connectivity index (χ0v) is 11.3. The summed E-state index contributed by atoms with van der Waals surface area (Å²) in [5.41, 5.74) is 1.45. The summed E-state index contributed by atoms with van der Waals surface area (Å²) in [6.07, 6.45) is 0. The maximum Gasteiger partial charge on any atom is 0.140 e. The number of aromatic hydroxyl groups is 1. The number of nitriles is 1. The summed E-state index contributed by atoms with van der Waals surface area (Å²) >= 11 is 0. The molecule has 0 heterocycles. The minimum absolute atomic E-state index is 0.137. The van der Waals surface area contributed by atoms with Gasteiger partial charge in [-0.25, -0.2) is 0 Å². The second-order valence-corrected chi connectivity index (χ2v) is 4.79. The van der Waals surface area contributed by atoms with Gasteiger partial charge in [-0.05, 0) is 28.5 Å². The second kappa shape index (κ2) is 5.56. The maximum absolute atomic E-state index is 9.84. The highest BCUT2D eigenvalue weighted by atomic mass is 16.3. The highest BCUT2D eigenvalue weighted by Gasteiger charge is 2.14. The number of fused-ring (bicyclic) bond motifs is 1. The van der Waals surface area contributed by atoms with Crippen LogP contribution in [0.1, 0.15) is 11.6 Å². The Bertz CT molecular complexity index is 815. The lowest BCUT2D eigenvalue weighted by Crippen LogP contribution is -2.09. The van der Waals surface area contributed by atoms with Gasteiger partial charge in [-0.1, -0.05) is 54.6 Å². The lowest BCUT2D eigenvalue weighted by atomic mass is 9.99. The molecule has 3 rings (SSSR count). The van der Waals surface area contributed by atoms with Crippen LogP contribution in [0.25, 0.3) is 10.8 Å². The van der Waals surface area contributed by atoms with Gasteiger partial charge in [0, 0.05) is 0 Å². The number of rotatable bonds is 3. The number of para-hydroxylation sites is 2. The molecule has 0 fully saturated rings. The van der Waals surface area contributed by atoms with E-state index in [1.54, 1.807) is 18.2 Å². The van der Waals surface area contributed by atoms with E-state index in [0.29, 0.717) is 5.69 Å². The van der Waals surface area contributed by atoms with Crippen LogP contribution in [0.2, 0.25) is 0 Å². The van der Waals surface area contributed by atoms with Gasteiger partial charge in [0.05, 0.1) is 11.8 Å². The van der Waals surface area contributed by atoms with E-state index < -0.39 is 6.04 Å². The van der Waals surface area contributed by atoms with Crippen LogP contribution in [0.15, 0.2) is 66.7 Å². The van der Waals surface area contributed by atoms with Crippen molar-refractivity contribution in [1.82, 2.24) is 0 Å².